The van der Waals surface area contributed by atoms with Crippen molar-refractivity contribution in [2.75, 3.05) is 5.75 Å². The zero-order chi connectivity index (χ0) is 12.8. The van der Waals surface area contributed by atoms with Gasteiger partial charge < -0.3 is 9.67 Å². The van der Waals surface area contributed by atoms with E-state index in [9.17, 15) is 4.79 Å². The molecule has 0 unspecified atom stereocenters. The minimum absolute atomic E-state index is 0.0870. The van der Waals surface area contributed by atoms with E-state index in [0.29, 0.717) is 6.04 Å². The van der Waals surface area contributed by atoms with Crippen molar-refractivity contribution in [2.24, 2.45) is 0 Å². The van der Waals surface area contributed by atoms with E-state index in [1.54, 1.807) is 6.20 Å². The van der Waals surface area contributed by atoms with Crippen LogP contribution in [-0.4, -0.2) is 26.4 Å². The molecule has 1 aliphatic rings. The summed E-state index contributed by atoms with van der Waals surface area (Å²) < 4.78 is 2.18. The van der Waals surface area contributed by atoms with Gasteiger partial charge in [0.1, 0.15) is 0 Å². The molecule has 0 spiro atoms. The minimum Gasteiger partial charge on any atom is -0.481 e. The lowest BCUT2D eigenvalue weighted by Crippen LogP contribution is -2.12. The first-order chi connectivity index (χ1) is 8.77. The van der Waals surface area contributed by atoms with E-state index in [1.807, 2.05) is 6.20 Å². The van der Waals surface area contributed by atoms with Crippen LogP contribution in [0.2, 0.25) is 0 Å². The fourth-order valence-corrected chi connectivity index (χ4v) is 3.28. The number of thioether (sulfide) groups is 1. The maximum Gasteiger partial charge on any atom is 0.313 e. The minimum atomic E-state index is -0.785. The Morgan fingerprint density at radius 3 is 2.67 bits per heavy atom. The average molecular weight is 268 g/mol. The topological polar surface area (TPSA) is 55.1 Å². The molecule has 0 amide bonds. The smallest absolute Gasteiger partial charge is 0.313 e. The quantitative estimate of drug-likeness (QED) is 0.851. The van der Waals surface area contributed by atoms with Gasteiger partial charge >= 0.3 is 5.97 Å². The number of nitrogens with zero attached hydrogens (tertiary/aromatic N) is 2. The van der Waals surface area contributed by atoms with Crippen LogP contribution >= 0.6 is 11.8 Å². The van der Waals surface area contributed by atoms with Crippen molar-refractivity contribution in [3.63, 3.8) is 0 Å². The third-order valence-corrected chi connectivity index (χ3v) is 4.39. The van der Waals surface area contributed by atoms with Crippen LogP contribution < -0.4 is 0 Å². The SMILES string of the molecule is O=C(O)CSc1nccn1C1CCCCCCC1. The first kappa shape index (κ1) is 13.5. The van der Waals surface area contributed by atoms with Crippen molar-refractivity contribution >= 4 is 17.7 Å². The number of hydrogen-bond donors (Lipinski definition) is 1. The van der Waals surface area contributed by atoms with Crippen molar-refractivity contribution in [3.8, 4) is 0 Å². The largest absolute Gasteiger partial charge is 0.481 e. The molecule has 1 aromatic heterocycles. The molecule has 0 saturated heterocycles. The molecule has 1 aliphatic carbocycles. The van der Waals surface area contributed by atoms with Gasteiger partial charge in [-0.3, -0.25) is 4.79 Å². The van der Waals surface area contributed by atoms with Crippen LogP contribution in [0.1, 0.15) is 51.0 Å². The number of carboxylic acid groups (broad SMARTS) is 1. The molecule has 1 fully saturated rings. The highest BCUT2D eigenvalue weighted by atomic mass is 32.2. The van der Waals surface area contributed by atoms with E-state index >= 15 is 0 Å². The van der Waals surface area contributed by atoms with Crippen LogP contribution in [0.4, 0.5) is 0 Å². The first-order valence-corrected chi connectivity index (χ1v) is 7.63. The fraction of sp³-hybridized carbons (Fsp3) is 0.692. The lowest BCUT2D eigenvalue weighted by Gasteiger charge is -2.22. The Balaban J connectivity index is 2.01. The molecule has 18 heavy (non-hydrogen) atoms. The van der Waals surface area contributed by atoms with E-state index in [1.165, 1.54) is 56.7 Å². The molecule has 1 N–H and O–H groups in total. The Morgan fingerprint density at radius 1 is 1.33 bits per heavy atom. The van der Waals surface area contributed by atoms with Crippen molar-refractivity contribution in [1.82, 2.24) is 9.55 Å². The van der Waals surface area contributed by atoms with Crippen molar-refractivity contribution in [1.29, 1.82) is 0 Å². The van der Waals surface area contributed by atoms with Crippen LogP contribution in [0.3, 0.4) is 0 Å². The predicted octanol–water partition coefficient (Wildman–Crippen LogP) is 3.35. The Labute approximate surface area is 112 Å². The predicted molar refractivity (Wildman–Crippen MR) is 71.9 cm³/mol. The van der Waals surface area contributed by atoms with Gasteiger partial charge in [0.2, 0.25) is 0 Å². The number of aromatic nitrogens is 2. The van der Waals surface area contributed by atoms with Crippen molar-refractivity contribution in [2.45, 2.75) is 56.1 Å². The molecule has 1 saturated carbocycles. The Hall–Kier alpha value is -0.970. The summed E-state index contributed by atoms with van der Waals surface area (Å²) in [6, 6.07) is 0.504. The van der Waals surface area contributed by atoms with Crippen LogP contribution in [0.15, 0.2) is 17.6 Å². The maximum absolute atomic E-state index is 10.6. The Morgan fingerprint density at radius 2 is 2.00 bits per heavy atom. The second kappa shape index (κ2) is 6.83. The van der Waals surface area contributed by atoms with Crippen LogP contribution in [0.25, 0.3) is 0 Å². The molecular weight excluding hydrogens is 248 g/mol. The molecule has 2 rings (SSSR count). The van der Waals surface area contributed by atoms with E-state index in [-0.39, 0.29) is 5.75 Å². The number of carbonyl (C=O) groups is 1. The molecule has 5 heteroatoms. The molecule has 0 aliphatic heterocycles. The second-order valence-corrected chi connectivity index (χ2v) is 5.74. The van der Waals surface area contributed by atoms with Gasteiger partial charge in [-0.1, -0.05) is 43.9 Å². The van der Waals surface area contributed by atoms with Gasteiger partial charge in [-0.25, -0.2) is 4.98 Å². The number of rotatable bonds is 4. The summed E-state index contributed by atoms with van der Waals surface area (Å²) in [6.45, 7) is 0. The number of hydrogen-bond acceptors (Lipinski definition) is 3. The highest BCUT2D eigenvalue weighted by Crippen LogP contribution is 2.29. The summed E-state index contributed by atoms with van der Waals surface area (Å²) in [5, 5.41) is 9.59. The van der Waals surface area contributed by atoms with E-state index < -0.39 is 5.97 Å². The summed E-state index contributed by atoms with van der Waals surface area (Å²) in [5.41, 5.74) is 0. The van der Waals surface area contributed by atoms with Crippen molar-refractivity contribution < 1.29 is 9.90 Å². The first-order valence-electron chi connectivity index (χ1n) is 6.65. The van der Waals surface area contributed by atoms with Gasteiger partial charge in [0, 0.05) is 18.4 Å². The molecule has 1 heterocycles. The van der Waals surface area contributed by atoms with Crippen LogP contribution in [0.5, 0.6) is 0 Å². The lowest BCUT2D eigenvalue weighted by molar-refractivity contribution is -0.133. The summed E-state index contributed by atoms with van der Waals surface area (Å²) in [5.74, 6) is -0.698. The van der Waals surface area contributed by atoms with E-state index in [2.05, 4.69) is 9.55 Å². The monoisotopic (exact) mass is 268 g/mol. The highest BCUT2D eigenvalue weighted by molar-refractivity contribution is 7.99. The molecule has 0 bridgehead atoms. The van der Waals surface area contributed by atoms with Crippen molar-refractivity contribution in [3.05, 3.63) is 12.4 Å². The van der Waals surface area contributed by atoms with Gasteiger partial charge in [0.05, 0.1) is 5.75 Å². The summed E-state index contributed by atoms with van der Waals surface area (Å²) in [7, 11) is 0. The number of carboxylic acids is 1. The number of aliphatic carboxylic acids is 1. The molecule has 100 valence electrons. The average Bonchev–Trinajstić information content (AvgIpc) is 2.74. The van der Waals surface area contributed by atoms with E-state index in [4.69, 9.17) is 5.11 Å². The summed E-state index contributed by atoms with van der Waals surface area (Å²) in [4.78, 5) is 14.9. The maximum atomic E-state index is 10.6. The standard InChI is InChI=1S/C13H20N2O2S/c16-12(17)10-18-13-14-8-9-15(13)11-6-4-2-1-3-5-7-11/h8-9,11H,1-7,10H2,(H,16,17). The molecule has 1 aromatic rings. The molecule has 0 atom stereocenters. The molecule has 4 nitrogen and oxygen atoms in total. The summed E-state index contributed by atoms with van der Waals surface area (Å²) >= 11 is 1.32. The van der Waals surface area contributed by atoms with Gasteiger partial charge in [-0.05, 0) is 12.8 Å². The zero-order valence-electron chi connectivity index (χ0n) is 10.5. The fourth-order valence-electron chi connectivity index (χ4n) is 2.53. The van der Waals surface area contributed by atoms with Crippen LogP contribution in [-0.2, 0) is 4.79 Å². The van der Waals surface area contributed by atoms with Gasteiger partial charge in [-0.15, -0.1) is 0 Å². The number of imidazole rings is 1. The van der Waals surface area contributed by atoms with E-state index in [0.717, 1.165) is 5.16 Å². The highest BCUT2D eigenvalue weighted by Gasteiger charge is 2.16. The van der Waals surface area contributed by atoms with Gasteiger partial charge in [0.25, 0.3) is 0 Å². The lowest BCUT2D eigenvalue weighted by atomic mass is 9.97. The molecule has 0 radical (unpaired) electrons. The molecular formula is C13H20N2O2S. The Bertz CT molecular complexity index is 384. The van der Waals surface area contributed by atoms with Crippen LogP contribution in [0, 0.1) is 0 Å². The zero-order valence-corrected chi connectivity index (χ0v) is 11.4. The Kier molecular flexibility index (Phi) is 5.11. The third-order valence-electron chi connectivity index (χ3n) is 3.43. The molecule has 0 aromatic carbocycles. The van der Waals surface area contributed by atoms with Gasteiger partial charge in [0.15, 0.2) is 5.16 Å². The normalized spacial score (nSPS) is 18.2. The third kappa shape index (κ3) is 3.77. The summed E-state index contributed by atoms with van der Waals surface area (Å²) in [6.07, 6.45) is 12.7. The van der Waals surface area contributed by atoms with Gasteiger partial charge in [-0.2, -0.15) is 0 Å². The second-order valence-electron chi connectivity index (χ2n) is 4.80.